The summed E-state index contributed by atoms with van der Waals surface area (Å²) in [6.45, 7) is 2.97. The van der Waals surface area contributed by atoms with E-state index in [-0.39, 0.29) is 17.5 Å². The SMILES string of the molecule is C[C@@H](OC1OCCN(CC#CCCl)C1c1ccccc1)c1cc(F)cc(C(F)(F)F)c1. The van der Waals surface area contributed by atoms with Crippen molar-refractivity contribution in [3.63, 3.8) is 0 Å². The van der Waals surface area contributed by atoms with Gasteiger partial charge in [0.1, 0.15) is 5.82 Å². The fourth-order valence-electron chi connectivity index (χ4n) is 3.49. The molecule has 1 aliphatic heterocycles. The van der Waals surface area contributed by atoms with Crippen molar-refractivity contribution in [1.29, 1.82) is 0 Å². The van der Waals surface area contributed by atoms with Gasteiger partial charge in [-0.2, -0.15) is 13.2 Å². The first-order valence-electron chi connectivity index (χ1n) is 9.75. The highest BCUT2D eigenvalue weighted by molar-refractivity contribution is 6.19. The van der Waals surface area contributed by atoms with Crippen LogP contribution >= 0.6 is 11.6 Å². The van der Waals surface area contributed by atoms with E-state index in [9.17, 15) is 17.6 Å². The molecule has 1 saturated heterocycles. The molecule has 0 radical (unpaired) electrons. The number of alkyl halides is 4. The van der Waals surface area contributed by atoms with Crippen molar-refractivity contribution in [3.05, 3.63) is 71.0 Å². The van der Waals surface area contributed by atoms with Crippen molar-refractivity contribution in [2.75, 3.05) is 25.6 Å². The van der Waals surface area contributed by atoms with Crippen LogP contribution in [0.1, 0.15) is 35.8 Å². The number of hydrogen-bond donors (Lipinski definition) is 0. The maximum absolute atomic E-state index is 13.9. The summed E-state index contributed by atoms with van der Waals surface area (Å²) in [5.41, 5.74) is -0.0517. The zero-order chi connectivity index (χ0) is 22.4. The Labute approximate surface area is 183 Å². The molecule has 1 aliphatic rings. The van der Waals surface area contributed by atoms with Crippen LogP contribution in [0.3, 0.4) is 0 Å². The van der Waals surface area contributed by atoms with E-state index in [1.165, 1.54) is 0 Å². The molecule has 1 fully saturated rings. The summed E-state index contributed by atoms with van der Waals surface area (Å²) >= 11 is 5.64. The molecule has 0 saturated carbocycles. The zero-order valence-electron chi connectivity index (χ0n) is 16.8. The molecule has 3 nitrogen and oxygen atoms in total. The molecule has 31 heavy (non-hydrogen) atoms. The van der Waals surface area contributed by atoms with E-state index in [4.69, 9.17) is 21.1 Å². The van der Waals surface area contributed by atoms with Gasteiger partial charge < -0.3 is 9.47 Å². The Morgan fingerprint density at radius 2 is 1.94 bits per heavy atom. The molecule has 3 atom stereocenters. The molecule has 0 bridgehead atoms. The van der Waals surface area contributed by atoms with E-state index in [1.807, 2.05) is 30.3 Å². The minimum Gasteiger partial charge on any atom is -0.349 e. The van der Waals surface area contributed by atoms with Crippen molar-refractivity contribution in [3.8, 4) is 11.8 Å². The Balaban J connectivity index is 1.86. The number of nitrogens with zero attached hydrogens (tertiary/aromatic N) is 1. The normalized spacial score (nSPS) is 20.7. The molecule has 0 aliphatic carbocycles. The lowest BCUT2D eigenvalue weighted by Gasteiger charge is -2.41. The monoisotopic (exact) mass is 455 g/mol. The molecule has 0 amide bonds. The first kappa shape index (κ1) is 23.6. The Morgan fingerprint density at radius 1 is 1.19 bits per heavy atom. The van der Waals surface area contributed by atoms with Crippen molar-refractivity contribution in [1.82, 2.24) is 4.90 Å². The Morgan fingerprint density at radius 3 is 2.61 bits per heavy atom. The molecule has 3 rings (SSSR count). The van der Waals surface area contributed by atoms with Gasteiger partial charge >= 0.3 is 6.18 Å². The van der Waals surface area contributed by atoms with Gasteiger partial charge in [-0.3, -0.25) is 4.90 Å². The third-order valence-electron chi connectivity index (χ3n) is 4.98. The van der Waals surface area contributed by atoms with E-state index >= 15 is 0 Å². The van der Waals surface area contributed by atoms with Gasteiger partial charge in [0, 0.05) is 6.54 Å². The summed E-state index contributed by atoms with van der Waals surface area (Å²) in [6.07, 6.45) is -6.26. The molecule has 1 heterocycles. The Hall–Kier alpha value is -2.11. The average molecular weight is 456 g/mol. The van der Waals surface area contributed by atoms with Crippen molar-refractivity contribution >= 4 is 11.6 Å². The minimum absolute atomic E-state index is 0.0850. The highest BCUT2D eigenvalue weighted by Crippen LogP contribution is 2.36. The second-order valence-electron chi connectivity index (χ2n) is 7.10. The summed E-state index contributed by atoms with van der Waals surface area (Å²) in [4.78, 5) is 2.07. The molecule has 166 valence electrons. The summed E-state index contributed by atoms with van der Waals surface area (Å²) in [5.74, 6) is 5.07. The van der Waals surface area contributed by atoms with Crippen LogP contribution in [0.2, 0.25) is 0 Å². The van der Waals surface area contributed by atoms with Gasteiger partial charge in [0.05, 0.1) is 36.7 Å². The fraction of sp³-hybridized carbons (Fsp3) is 0.391. The van der Waals surface area contributed by atoms with Gasteiger partial charge in [-0.1, -0.05) is 42.2 Å². The maximum atomic E-state index is 13.9. The highest BCUT2D eigenvalue weighted by Gasteiger charge is 2.36. The molecular formula is C23H22ClF4NO2. The first-order valence-corrected chi connectivity index (χ1v) is 10.3. The van der Waals surface area contributed by atoms with Gasteiger partial charge in [0.15, 0.2) is 6.29 Å². The third-order valence-corrected chi connectivity index (χ3v) is 5.12. The van der Waals surface area contributed by atoms with E-state index < -0.39 is 30.0 Å². The molecule has 2 aromatic carbocycles. The van der Waals surface area contributed by atoms with Gasteiger partial charge in [0.2, 0.25) is 0 Å². The van der Waals surface area contributed by atoms with E-state index in [1.54, 1.807) is 6.92 Å². The van der Waals surface area contributed by atoms with E-state index in [2.05, 4.69) is 16.7 Å². The van der Waals surface area contributed by atoms with Crippen LogP contribution in [0, 0.1) is 17.7 Å². The van der Waals surface area contributed by atoms with Gasteiger partial charge in [-0.15, -0.1) is 11.6 Å². The lowest BCUT2D eigenvalue weighted by Crippen LogP contribution is -2.46. The second kappa shape index (κ2) is 10.5. The maximum Gasteiger partial charge on any atom is 0.416 e. The molecule has 8 heteroatoms. The van der Waals surface area contributed by atoms with Crippen molar-refractivity contribution < 1.29 is 27.0 Å². The van der Waals surface area contributed by atoms with Gasteiger partial charge in [-0.05, 0) is 36.2 Å². The van der Waals surface area contributed by atoms with Crippen LogP contribution in [-0.2, 0) is 15.7 Å². The number of rotatable bonds is 5. The number of benzene rings is 2. The fourth-order valence-corrected chi connectivity index (χ4v) is 3.59. The number of ether oxygens (including phenoxy) is 2. The van der Waals surface area contributed by atoms with E-state index in [0.29, 0.717) is 25.8 Å². The first-order chi connectivity index (χ1) is 14.8. The molecule has 0 spiro atoms. The highest BCUT2D eigenvalue weighted by atomic mass is 35.5. The summed E-state index contributed by atoms with van der Waals surface area (Å²) in [7, 11) is 0. The van der Waals surface area contributed by atoms with Crippen LogP contribution in [0.15, 0.2) is 48.5 Å². The van der Waals surface area contributed by atoms with Crippen LogP contribution < -0.4 is 0 Å². The van der Waals surface area contributed by atoms with Crippen LogP contribution in [0.5, 0.6) is 0 Å². The second-order valence-corrected chi connectivity index (χ2v) is 7.37. The van der Waals surface area contributed by atoms with Crippen LogP contribution in [-0.4, -0.2) is 36.8 Å². The lowest BCUT2D eigenvalue weighted by molar-refractivity contribution is -0.228. The number of morpholine rings is 1. The quantitative estimate of drug-likeness (QED) is 0.334. The largest absolute Gasteiger partial charge is 0.416 e. The molecular weight excluding hydrogens is 434 g/mol. The summed E-state index contributed by atoms with van der Waals surface area (Å²) in [5, 5.41) is 0. The topological polar surface area (TPSA) is 21.7 Å². The van der Waals surface area contributed by atoms with Crippen LogP contribution in [0.4, 0.5) is 17.6 Å². The Bertz CT molecular complexity index is 927. The standard InChI is InChI=1S/C23H22ClF4NO2/c1-16(18-13-19(23(26,27)28)15-20(25)14-18)31-22-21(17-7-3-2-4-8-17)29(11-12-30-22)10-6-5-9-24/h2-4,7-8,13-16,21-22H,9-12H2,1H3/t16-,21?,22?/m1/s1. The number of hydrogen-bond acceptors (Lipinski definition) is 3. The predicted octanol–water partition coefficient (Wildman–Crippen LogP) is 5.56. The zero-order valence-corrected chi connectivity index (χ0v) is 17.6. The molecule has 2 aromatic rings. The van der Waals surface area contributed by atoms with Gasteiger partial charge in [-0.25, -0.2) is 4.39 Å². The molecule has 0 N–H and O–H groups in total. The Kier molecular flexibility index (Phi) is 7.95. The van der Waals surface area contributed by atoms with Crippen LogP contribution in [0.25, 0.3) is 0 Å². The number of halogens is 5. The summed E-state index contributed by atoms with van der Waals surface area (Å²) in [6, 6.07) is 11.6. The third kappa shape index (κ3) is 6.20. The van der Waals surface area contributed by atoms with E-state index in [0.717, 1.165) is 17.7 Å². The summed E-state index contributed by atoms with van der Waals surface area (Å²) < 4.78 is 65.0. The van der Waals surface area contributed by atoms with Crippen molar-refractivity contribution in [2.24, 2.45) is 0 Å². The molecule has 0 aromatic heterocycles. The average Bonchev–Trinajstić information content (AvgIpc) is 2.73. The predicted molar refractivity (Wildman–Crippen MR) is 110 cm³/mol. The molecule has 2 unspecified atom stereocenters. The minimum atomic E-state index is -4.65. The van der Waals surface area contributed by atoms with Crippen molar-refractivity contribution in [2.45, 2.75) is 31.5 Å². The smallest absolute Gasteiger partial charge is 0.349 e. The van der Waals surface area contributed by atoms with Gasteiger partial charge in [0.25, 0.3) is 0 Å². The lowest BCUT2D eigenvalue weighted by atomic mass is 10.0.